The standard InChI is InChI=1S/C25H35NO2/c1-6-7-18-23(21-14-10-8-11-15-21)24(22-16-12-9-13-17-22)28-25(27)26(19(2)3)20(4)5/h8-17,19-20,23-24H,6-7,18H2,1-5H3/t23-,24+/m1/s1. The van der Waals surface area contributed by atoms with Crippen LogP contribution in [0.4, 0.5) is 4.79 Å². The second-order valence-corrected chi connectivity index (χ2v) is 7.97. The molecule has 0 aromatic heterocycles. The number of rotatable bonds is 9. The third-order valence-electron chi connectivity index (χ3n) is 5.14. The molecule has 0 heterocycles. The highest BCUT2D eigenvalue weighted by Gasteiger charge is 2.31. The van der Waals surface area contributed by atoms with Crippen LogP contribution in [0.2, 0.25) is 0 Å². The molecule has 0 saturated heterocycles. The van der Waals surface area contributed by atoms with Gasteiger partial charge >= 0.3 is 6.09 Å². The second kappa shape index (κ2) is 10.9. The first-order chi connectivity index (χ1) is 13.5. The van der Waals surface area contributed by atoms with Gasteiger partial charge in [-0.3, -0.25) is 0 Å². The quantitative estimate of drug-likeness (QED) is 0.470. The van der Waals surface area contributed by atoms with Gasteiger partial charge in [-0.2, -0.15) is 0 Å². The molecule has 2 aromatic rings. The highest BCUT2D eigenvalue weighted by atomic mass is 16.6. The minimum absolute atomic E-state index is 0.0924. The molecule has 3 nitrogen and oxygen atoms in total. The molecule has 0 N–H and O–H groups in total. The van der Waals surface area contributed by atoms with Crippen molar-refractivity contribution < 1.29 is 9.53 Å². The predicted molar refractivity (Wildman–Crippen MR) is 116 cm³/mol. The van der Waals surface area contributed by atoms with Crippen LogP contribution < -0.4 is 0 Å². The molecule has 0 spiro atoms. The Kier molecular flexibility index (Phi) is 8.56. The Labute approximate surface area is 170 Å². The minimum atomic E-state index is -0.303. The minimum Gasteiger partial charge on any atom is -0.441 e. The predicted octanol–water partition coefficient (Wildman–Crippen LogP) is 6.96. The van der Waals surface area contributed by atoms with Gasteiger partial charge in [0, 0.05) is 18.0 Å². The zero-order valence-corrected chi connectivity index (χ0v) is 18.0. The maximum atomic E-state index is 13.1. The first-order valence-electron chi connectivity index (χ1n) is 10.5. The lowest BCUT2D eigenvalue weighted by atomic mass is 9.85. The molecule has 0 radical (unpaired) electrons. The molecule has 2 aromatic carbocycles. The number of amides is 1. The van der Waals surface area contributed by atoms with Crippen LogP contribution in [0.15, 0.2) is 60.7 Å². The van der Waals surface area contributed by atoms with E-state index in [-0.39, 0.29) is 30.2 Å². The summed E-state index contributed by atoms with van der Waals surface area (Å²) in [6, 6.07) is 20.8. The normalized spacial score (nSPS) is 13.4. The van der Waals surface area contributed by atoms with Crippen LogP contribution >= 0.6 is 0 Å². The van der Waals surface area contributed by atoms with Gasteiger partial charge in [0.15, 0.2) is 0 Å². The highest BCUT2D eigenvalue weighted by molar-refractivity contribution is 5.69. The maximum absolute atomic E-state index is 13.1. The summed E-state index contributed by atoms with van der Waals surface area (Å²) in [4.78, 5) is 14.9. The summed E-state index contributed by atoms with van der Waals surface area (Å²) in [6.45, 7) is 10.3. The fraction of sp³-hybridized carbons (Fsp3) is 0.480. The number of ether oxygens (including phenoxy) is 1. The molecule has 0 aliphatic carbocycles. The topological polar surface area (TPSA) is 29.5 Å². The number of hydrogen-bond donors (Lipinski definition) is 0. The van der Waals surface area contributed by atoms with Gasteiger partial charge in [-0.1, -0.05) is 80.4 Å². The maximum Gasteiger partial charge on any atom is 0.410 e. The Bertz CT molecular complexity index is 689. The molecule has 0 fully saturated rings. The van der Waals surface area contributed by atoms with Gasteiger partial charge in [0.25, 0.3) is 0 Å². The fourth-order valence-electron chi connectivity index (χ4n) is 3.83. The van der Waals surface area contributed by atoms with Crippen LogP contribution in [0, 0.1) is 0 Å². The average molecular weight is 382 g/mol. The summed E-state index contributed by atoms with van der Waals surface area (Å²) in [5, 5.41) is 0. The molecule has 3 heteroatoms. The van der Waals surface area contributed by atoms with Crippen molar-refractivity contribution in [2.45, 2.75) is 78.0 Å². The van der Waals surface area contributed by atoms with E-state index in [1.54, 1.807) is 0 Å². The van der Waals surface area contributed by atoms with Crippen molar-refractivity contribution in [2.24, 2.45) is 0 Å². The van der Waals surface area contributed by atoms with E-state index < -0.39 is 0 Å². The van der Waals surface area contributed by atoms with Crippen molar-refractivity contribution >= 4 is 6.09 Å². The first-order valence-corrected chi connectivity index (χ1v) is 10.5. The molecule has 0 aliphatic heterocycles. The van der Waals surface area contributed by atoms with Crippen molar-refractivity contribution in [1.29, 1.82) is 0 Å². The summed E-state index contributed by atoms with van der Waals surface area (Å²) >= 11 is 0. The Balaban J connectivity index is 2.41. The lowest BCUT2D eigenvalue weighted by molar-refractivity contribution is 0.0322. The van der Waals surface area contributed by atoms with E-state index in [1.807, 2.05) is 56.9 Å². The largest absolute Gasteiger partial charge is 0.441 e. The van der Waals surface area contributed by atoms with Crippen molar-refractivity contribution in [3.63, 3.8) is 0 Å². The van der Waals surface area contributed by atoms with Crippen LogP contribution in [-0.4, -0.2) is 23.1 Å². The molecule has 1 amide bonds. The van der Waals surface area contributed by atoms with Gasteiger partial charge in [-0.15, -0.1) is 0 Å². The summed E-state index contributed by atoms with van der Waals surface area (Å²) in [5.41, 5.74) is 2.27. The van der Waals surface area contributed by atoms with Gasteiger partial charge in [-0.05, 0) is 45.2 Å². The van der Waals surface area contributed by atoms with Gasteiger partial charge < -0.3 is 9.64 Å². The van der Waals surface area contributed by atoms with Crippen LogP contribution in [0.5, 0.6) is 0 Å². The Morgan fingerprint density at radius 1 is 0.857 bits per heavy atom. The zero-order chi connectivity index (χ0) is 20.5. The molecule has 152 valence electrons. The lowest BCUT2D eigenvalue weighted by Crippen LogP contribution is -2.43. The number of benzene rings is 2. The summed E-state index contributed by atoms with van der Waals surface area (Å²) < 4.78 is 6.22. The van der Waals surface area contributed by atoms with E-state index >= 15 is 0 Å². The van der Waals surface area contributed by atoms with E-state index in [4.69, 9.17) is 4.74 Å². The Hall–Kier alpha value is -2.29. The fourth-order valence-corrected chi connectivity index (χ4v) is 3.83. The Morgan fingerprint density at radius 2 is 1.36 bits per heavy atom. The van der Waals surface area contributed by atoms with Crippen LogP contribution in [-0.2, 0) is 4.74 Å². The third kappa shape index (κ3) is 5.85. The monoisotopic (exact) mass is 381 g/mol. The van der Waals surface area contributed by atoms with E-state index in [0.29, 0.717) is 0 Å². The summed E-state index contributed by atoms with van der Waals surface area (Å²) in [5.74, 6) is 0.133. The van der Waals surface area contributed by atoms with Crippen LogP contribution in [0.25, 0.3) is 0 Å². The van der Waals surface area contributed by atoms with Crippen molar-refractivity contribution in [3.05, 3.63) is 71.8 Å². The molecule has 28 heavy (non-hydrogen) atoms. The zero-order valence-electron chi connectivity index (χ0n) is 18.0. The van der Waals surface area contributed by atoms with E-state index in [2.05, 4.69) is 43.3 Å². The smallest absolute Gasteiger partial charge is 0.410 e. The molecule has 0 unspecified atom stereocenters. The first kappa shape index (κ1) is 22.0. The second-order valence-electron chi connectivity index (χ2n) is 7.97. The van der Waals surface area contributed by atoms with Crippen molar-refractivity contribution in [3.8, 4) is 0 Å². The van der Waals surface area contributed by atoms with Crippen LogP contribution in [0.3, 0.4) is 0 Å². The summed E-state index contributed by atoms with van der Waals surface area (Å²) in [7, 11) is 0. The highest BCUT2D eigenvalue weighted by Crippen LogP contribution is 2.38. The average Bonchev–Trinajstić information content (AvgIpc) is 2.68. The van der Waals surface area contributed by atoms with Gasteiger partial charge in [0.05, 0.1) is 0 Å². The Morgan fingerprint density at radius 3 is 1.82 bits per heavy atom. The third-order valence-corrected chi connectivity index (χ3v) is 5.14. The molecule has 0 saturated carbocycles. The van der Waals surface area contributed by atoms with Gasteiger partial charge in [0.1, 0.15) is 6.10 Å². The molecule has 2 atom stereocenters. The van der Waals surface area contributed by atoms with Gasteiger partial charge in [0.2, 0.25) is 0 Å². The summed E-state index contributed by atoms with van der Waals surface area (Å²) in [6.07, 6.45) is 2.65. The number of nitrogens with zero attached hydrogens (tertiary/aromatic N) is 1. The number of hydrogen-bond acceptors (Lipinski definition) is 2. The van der Waals surface area contributed by atoms with E-state index in [9.17, 15) is 4.79 Å². The lowest BCUT2D eigenvalue weighted by Gasteiger charge is -2.34. The number of carbonyl (C=O) groups is 1. The number of carbonyl (C=O) groups excluding carboxylic acids is 1. The molecular weight excluding hydrogens is 346 g/mol. The van der Waals surface area contributed by atoms with Crippen LogP contribution in [0.1, 0.15) is 77.0 Å². The molecular formula is C25H35NO2. The number of unbranched alkanes of at least 4 members (excludes halogenated alkanes) is 1. The molecule has 2 rings (SSSR count). The molecule has 0 bridgehead atoms. The van der Waals surface area contributed by atoms with E-state index in [0.717, 1.165) is 24.8 Å². The van der Waals surface area contributed by atoms with Crippen molar-refractivity contribution in [2.75, 3.05) is 0 Å². The molecule has 0 aliphatic rings. The SMILES string of the molecule is CCCC[C@H](c1ccccc1)[C@@H](OC(=O)N(C(C)C)C(C)C)c1ccccc1. The van der Waals surface area contributed by atoms with Gasteiger partial charge in [-0.25, -0.2) is 4.79 Å². The van der Waals surface area contributed by atoms with Crippen molar-refractivity contribution in [1.82, 2.24) is 4.90 Å². The van der Waals surface area contributed by atoms with E-state index in [1.165, 1.54) is 5.56 Å².